The van der Waals surface area contributed by atoms with E-state index in [0.29, 0.717) is 11.4 Å². The van der Waals surface area contributed by atoms with E-state index in [9.17, 15) is 8.42 Å². The number of benzene rings is 2. The largest absolute Gasteiger partial charge is 0.371 e. The molecule has 0 unspecified atom stereocenters. The van der Waals surface area contributed by atoms with Crippen molar-refractivity contribution in [1.82, 2.24) is 9.62 Å². The Labute approximate surface area is 175 Å². The Morgan fingerprint density at radius 1 is 1.07 bits per heavy atom. The van der Waals surface area contributed by atoms with E-state index in [4.69, 9.17) is 4.74 Å². The van der Waals surface area contributed by atoms with Crippen LogP contribution in [0.2, 0.25) is 0 Å². The average molecular weight is 417 g/mol. The Bertz CT molecular complexity index is 838. The third-order valence-corrected chi connectivity index (χ3v) is 6.76. The maximum absolute atomic E-state index is 12.4. The molecule has 2 aromatic rings. The maximum atomic E-state index is 12.4. The van der Waals surface area contributed by atoms with Crippen LogP contribution in [0.4, 0.5) is 0 Å². The van der Waals surface area contributed by atoms with E-state index in [2.05, 4.69) is 28.7 Å². The van der Waals surface area contributed by atoms with E-state index in [-0.39, 0.29) is 6.10 Å². The Morgan fingerprint density at radius 3 is 2.55 bits per heavy atom. The lowest BCUT2D eigenvalue weighted by atomic mass is 10.1. The lowest BCUT2D eigenvalue weighted by Gasteiger charge is -2.33. The zero-order valence-corrected chi connectivity index (χ0v) is 18.0. The highest BCUT2D eigenvalue weighted by atomic mass is 32.2. The van der Waals surface area contributed by atoms with Crippen molar-refractivity contribution in [3.05, 3.63) is 65.7 Å². The highest BCUT2D eigenvalue weighted by Gasteiger charge is 2.21. The fraction of sp³-hybridized carbons (Fsp3) is 0.478. The summed E-state index contributed by atoms with van der Waals surface area (Å²) < 4.78 is 33.5. The molecule has 158 valence electrons. The van der Waals surface area contributed by atoms with Gasteiger partial charge in [0.1, 0.15) is 0 Å². The van der Waals surface area contributed by atoms with Crippen molar-refractivity contribution in [2.45, 2.75) is 43.6 Å². The van der Waals surface area contributed by atoms with Crippen LogP contribution in [0.25, 0.3) is 0 Å². The quantitative estimate of drug-likeness (QED) is 0.599. The molecule has 0 amide bonds. The molecule has 0 radical (unpaired) electrons. The van der Waals surface area contributed by atoms with Gasteiger partial charge in [0.2, 0.25) is 10.0 Å². The second-order valence-electron chi connectivity index (χ2n) is 7.57. The minimum atomic E-state index is -3.43. The predicted octanol–water partition coefficient (Wildman–Crippen LogP) is 3.77. The van der Waals surface area contributed by atoms with Crippen molar-refractivity contribution < 1.29 is 13.2 Å². The number of aryl methyl sites for hydroxylation is 1. The van der Waals surface area contributed by atoms with Gasteiger partial charge in [0.25, 0.3) is 0 Å². The van der Waals surface area contributed by atoms with E-state index >= 15 is 0 Å². The first-order valence-electron chi connectivity index (χ1n) is 10.6. The Balaban J connectivity index is 1.39. The average Bonchev–Trinajstić information content (AvgIpc) is 2.75. The van der Waals surface area contributed by atoms with Crippen LogP contribution < -0.4 is 4.72 Å². The molecule has 0 spiro atoms. The summed E-state index contributed by atoms with van der Waals surface area (Å²) in [5, 5.41) is 0. The lowest BCUT2D eigenvalue weighted by Crippen LogP contribution is -2.39. The van der Waals surface area contributed by atoms with Crippen molar-refractivity contribution in [1.29, 1.82) is 0 Å². The highest BCUT2D eigenvalue weighted by Crippen LogP contribution is 2.22. The fourth-order valence-corrected chi connectivity index (χ4v) is 4.72. The van der Waals surface area contributed by atoms with Gasteiger partial charge in [0.15, 0.2) is 0 Å². The van der Waals surface area contributed by atoms with Crippen molar-refractivity contribution >= 4 is 10.0 Å². The van der Waals surface area contributed by atoms with E-state index in [1.165, 1.54) is 11.1 Å². The minimum Gasteiger partial charge on any atom is -0.371 e. The molecule has 1 heterocycles. The molecule has 0 aliphatic carbocycles. The summed E-state index contributed by atoms with van der Waals surface area (Å²) in [7, 11) is -3.43. The molecule has 0 bridgehead atoms. The summed E-state index contributed by atoms with van der Waals surface area (Å²) in [6.45, 7) is 6.09. The summed E-state index contributed by atoms with van der Waals surface area (Å²) in [4.78, 5) is 2.75. The standard InChI is InChI=1S/C23H32N2O3S/c1-2-8-20-11-13-22(14-12-20)29(26,27)24-15-6-7-16-25-17-18-28-23(19-25)21-9-4-3-5-10-21/h3-5,9-14,23-24H,2,6-8,15-19H2,1H3/t23-/m0/s1. The molecule has 2 aromatic carbocycles. The van der Waals surface area contributed by atoms with E-state index in [1.54, 1.807) is 12.1 Å². The van der Waals surface area contributed by atoms with Gasteiger partial charge in [-0.2, -0.15) is 0 Å². The molecule has 6 heteroatoms. The second-order valence-corrected chi connectivity index (χ2v) is 9.34. The van der Waals surface area contributed by atoms with Gasteiger partial charge in [-0.25, -0.2) is 13.1 Å². The number of sulfonamides is 1. The number of nitrogens with one attached hydrogen (secondary N) is 1. The van der Waals surface area contributed by atoms with E-state index in [0.717, 1.165) is 51.9 Å². The Hall–Kier alpha value is -1.73. The first-order valence-corrected chi connectivity index (χ1v) is 12.0. The Kier molecular flexibility index (Phi) is 8.24. The predicted molar refractivity (Wildman–Crippen MR) is 116 cm³/mol. The maximum Gasteiger partial charge on any atom is 0.240 e. The van der Waals surface area contributed by atoms with Gasteiger partial charge in [-0.15, -0.1) is 0 Å². The summed E-state index contributed by atoms with van der Waals surface area (Å²) in [6.07, 6.45) is 3.93. The zero-order chi connectivity index (χ0) is 20.5. The molecular formula is C23H32N2O3S. The first kappa shape index (κ1) is 22.0. The molecule has 1 aliphatic rings. The highest BCUT2D eigenvalue weighted by molar-refractivity contribution is 7.89. The normalized spacial score (nSPS) is 18.0. The lowest BCUT2D eigenvalue weighted by molar-refractivity contribution is -0.0303. The van der Waals surface area contributed by atoms with Crippen LogP contribution in [-0.2, 0) is 21.2 Å². The van der Waals surface area contributed by atoms with Gasteiger partial charge in [-0.3, -0.25) is 4.90 Å². The van der Waals surface area contributed by atoms with Crippen LogP contribution in [0.5, 0.6) is 0 Å². The van der Waals surface area contributed by atoms with E-state index < -0.39 is 10.0 Å². The van der Waals surface area contributed by atoms with Gasteiger partial charge in [0, 0.05) is 19.6 Å². The van der Waals surface area contributed by atoms with Gasteiger partial charge < -0.3 is 4.74 Å². The number of unbranched alkanes of at least 4 members (excludes halogenated alkanes) is 1. The molecule has 0 saturated carbocycles. The molecule has 5 nitrogen and oxygen atoms in total. The van der Waals surface area contributed by atoms with Gasteiger partial charge in [-0.05, 0) is 49.1 Å². The third-order valence-electron chi connectivity index (χ3n) is 5.29. The van der Waals surface area contributed by atoms with E-state index in [1.807, 2.05) is 30.3 Å². The number of rotatable bonds is 10. The number of nitrogens with zero attached hydrogens (tertiary/aromatic N) is 1. The van der Waals surface area contributed by atoms with Gasteiger partial charge in [0.05, 0.1) is 17.6 Å². The molecule has 1 N–H and O–H groups in total. The Morgan fingerprint density at radius 2 is 1.83 bits per heavy atom. The van der Waals surface area contributed by atoms with Crippen molar-refractivity contribution in [2.24, 2.45) is 0 Å². The third kappa shape index (κ3) is 6.64. The molecule has 1 saturated heterocycles. The summed E-state index contributed by atoms with van der Waals surface area (Å²) in [5.74, 6) is 0. The van der Waals surface area contributed by atoms with Crippen LogP contribution in [0.1, 0.15) is 43.4 Å². The zero-order valence-electron chi connectivity index (χ0n) is 17.2. The fourth-order valence-electron chi connectivity index (χ4n) is 3.65. The van der Waals surface area contributed by atoms with Crippen molar-refractivity contribution in [3.63, 3.8) is 0 Å². The summed E-state index contributed by atoms with van der Waals surface area (Å²) >= 11 is 0. The topological polar surface area (TPSA) is 58.6 Å². The summed E-state index contributed by atoms with van der Waals surface area (Å²) in [5.41, 5.74) is 2.39. The van der Waals surface area contributed by atoms with Crippen molar-refractivity contribution in [3.8, 4) is 0 Å². The molecular weight excluding hydrogens is 384 g/mol. The SMILES string of the molecule is CCCc1ccc(S(=O)(=O)NCCCCN2CCO[C@H](c3ccccc3)C2)cc1. The number of hydrogen-bond acceptors (Lipinski definition) is 4. The van der Waals surface area contributed by atoms with Crippen LogP contribution in [0.3, 0.4) is 0 Å². The molecule has 1 aliphatic heterocycles. The van der Waals surface area contributed by atoms with Crippen molar-refractivity contribution in [2.75, 3.05) is 32.8 Å². The van der Waals surface area contributed by atoms with Crippen LogP contribution in [-0.4, -0.2) is 46.1 Å². The molecule has 1 atom stereocenters. The summed E-state index contributed by atoms with van der Waals surface area (Å²) in [6, 6.07) is 17.5. The van der Waals surface area contributed by atoms with Crippen LogP contribution >= 0.6 is 0 Å². The molecule has 1 fully saturated rings. The molecule has 0 aromatic heterocycles. The molecule has 29 heavy (non-hydrogen) atoms. The van der Waals surface area contributed by atoms with Crippen LogP contribution in [0.15, 0.2) is 59.5 Å². The first-order chi connectivity index (χ1) is 14.1. The second kappa shape index (κ2) is 10.9. The minimum absolute atomic E-state index is 0.124. The van der Waals surface area contributed by atoms with Gasteiger partial charge in [-0.1, -0.05) is 55.8 Å². The number of ether oxygens (including phenoxy) is 1. The molecule has 3 rings (SSSR count). The van der Waals surface area contributed by atoms with Crippen LogP contribution in [0, 0.1) is 0 Å². The smallest absolute Gasteiger partial charge is 0.240 e. The van der Waals surface area contributed by atoms with Gasteiger partial charge >= 0.3 is 0 Å². The monoisotopic (exact) mass is 416 g/mol. The number of hydrogen-bond donors (Lipinski definition) is 1. The number of morpholine rings is 1.